The molecule has 0 heterocycles. The average Bonchev–Trinajstić information content (AvgIpc) is 2.20. The molecule has 0 spiro atoms. The van der Waals surface area contributed by atoms with E-state index in [9.17, 15) is 4.79 Å². The standard InChI is InChI=1S/C17H26O2/c1-11(2)19-16-13(4)9-8-12(3)15(16)17(6,7)10-14(5)18/h8-9,11H,10H2,1-7H3. The van der Waals surface area contributed by atoms with Crippen molar-refractivity contribution in [3.63, 3.8) is 0 Å². The molecule has 0 saturated heterocycles. The van der Waals surface area contributed by atoms with Gasteiger partial charge in [-0.1, -0.05) is 26.0 Å². The summed E-state index contributed by atoms with van der Waals surface area (Å²) in [6, 6.07) is 4.19. The Hall–Kier alpha value is -1.31. The minimum Gasteiger partial charge on any atom is -0.490 e. The van der Waals surface area contributed by atoms with Gasteiger partial charge in [-0.15, -0.1) is 0 Å². The molecule has 2 heteroatoms. The summed E-state index contributed by atoms with van der Waals surface area (Å²) in [7, 11) is 0. The number of hydrogen-bond acceptors (Lipinski definition) is 2. The fourth-order valence-electron chi connectivity index (χ4n) is 2.72. The van der Waals surface area contributed by atoms with Crippen molar-refractivity contribution in [1.82, 2.24) is 0 Å². The molecule has 2 nitrogen and oxygen atoms in total. The summed E-state index contributed by atoms with van der Waals surface area (Å²) in [4.78, 5) is 11.5. The predicted octanol–water partition coefficient (Wildman–Crippen LogP) is 4.35. The number of aryl methyl sites for hydroxylation is 2. The molecule has 1 rings (SSSR count). The number of carbonyl (C=O) groups excluding carboxylic acids is 1. The number of Topliss-reactive ketones (excluding diaryl/α,β-unsaturated/α-hetero) is 1. The van der Waals surface area contributed by atoms with Crippen molar-refractivity contribution >= 4 is 5.78 Å². The summed E-state index contributed by atoms with van der Waals surface area (Å²) in [5, 5.41) is 0. The first-order chi connectivity index (χ1) is 8.65. The monoisotopic (exact) mass is 262 g/mol. The lowest BCUT2D eigenvalue weighted by molar-refractivity contribution is -0.118. The Morgan fingerprint density at radius 3 is 2.21 bits per heavy atom. The van der Waals surface area contributed by atoms with Crippen LogP contribution in [0.1, 0.15) is 57.7 Å². The summed E-state index contributed by atoms with van der Waals surface area (Å²) in [6.45, 7) is 14.1. The second kappa shape index (κ2) is 5.77. The third-order valence-electron chi connectivity index (χ3n) is 3.28. The number of ether oxygens (including phenoxy) is 1. The van der Waals surface area contributed by atoms with Gasteiger partial charge in [-0.3, -0.25) is 4.79 Å². The quantitative estimate of drug-likeness (QED) is 0.788. The van der Waals surface area contributed by atoms with Crippen LogP contribution in [0.2, 0.25) is 0 Å². The summed E-state index contributed by atoms with van der Waals surface area (Å²) >= 11 is 0. The molecular formula is C17H26O2. The summed E-state index contributed by atoms with van der Waals surface area (Å²) in [6.07, 6.45) is 0.665. The lowest BCUT2D eigenvalue weighted by Crippen LogP contribution is -2.24. The number of ketones is 1. The highest BCUT2D eigenvalue weighted by Gasteiger charge is 2.29. The van der Waals surface area contributed by atoms with E-state index in [1.807, 2.05) is 13.8 Å². The maximum absolute atomic E-state index is 11.5. The molecule has 0 unspecified atom stereocenters. The second-order valence-electron chi connectivity index (χ2n) is 6.33. The van der Waals surface area contributed by atoms with E-state index in [-0.39, 0.29) is 17.3 Å². The minimum atomic E-state index is -0.202. The molecule has 0 radical (unpaired) electrons. The molecule has 0 saturated carbocycles. The topological polar surface area (TPSA) is 26.3 Å². The average molecular weight is 262 g/mol. The number of rotatable bonds is 5. The van der Waals surface area contributed by atoms with Crippen LogP contribution in [-0.2, 0) is 10.2 Å². The van der Waals surface area contributed by atoms with Crippen LogP contribution in [-0.4, -0.2) is 11.9 Å². The summed E-state index contributed by atoms with van der Waals surface area (Å²) < 4.78 is 6.01. The lowest BCUT2D eigenvalue weighted by Gasteiger charge is -2.30. The molecule has 19 heavy (non-hydrogen) atoms. The van der Waals surface area contributed by atoms with Gasteiger partial charge in [0.2, 0.25) is 0 Å². The van der Waals surface area contributed by atoms with Crippen LogP contribution in [0.25, 0.3) is 0 Å². The van der Waals surface area contributed by atoms with E-state index in [2.05, 4.69) is 39.8 Å². The maximum atomic E-state index is 11.5. The number of hydrogen-bond donors (Lipinski definition) is 0. The van der Waals surface area contributed by atoms with Gasteiger partial charge in [-0.25, -0.2) is 0 Å². The largest absolute Gasteiger partial charge is 0.490 e. The van der Waals surface area contributed by atoms with Crippen LogP contribution >= 0.6 is 0 Å². The Bertz CT molecular complexity index is 470. The van der Waals surface area contributed by atoms with Crippen LogP contribution in [0, 0.1) is 13.8 Å². The van der Waals surface area contributed by atoms with Crippen molar-refractivity contribution in [3.8, 4) is 5.75 Å². The zero-order valence-corrected chi connectivity index (χ0v) is 13.3. The smallest absolute Gasteiger partial charge is 0.130 e. The van der Waals surface area contributed by atoms with Crippen molar-refractivity contribution in [3.05, 3.63) is 28.8 Å². The van der Waals surface area contributed by atoms with Gasteiger partial charge < -0.3 is 4.74 Å². The highest BCUT2D eigenvalue weighted by atomic mass is 16.5. The Morgan fingerprint density at radius 1 is 1.21 bits per heavy atom. The summed E-state index contributed by atoms with van der Waals surface area (Å²) in [5.74, 6) is 1.16. The molecule has 0 N–H and O–H groups in total. The first-order valence-electron chi connectivity index (χ1n) is 6.92. The Kier molecular flexibility index (Phi) is 4.78. The summed E-state index contributed by atoms with van der Waals surface area (Å²) in [5.41, 5.74) is 3.28. The number of benzene rings is 1. The van der Waals surface area contributed by atoms with E-state index < -0.39 is 0 Å². The molecule has 0 aliphatic heterocycles. The van der Waals surface area contributed by atoms with Gasteiger partial charge in [-0.05, 0) is 45.7 Å². The molecule has 0 bridgehead atoms. The van der Waals surface area contributed by atoms with E-state index in [0.29, 0.717) is 6.42 Å². The van der Waals surface area contributed by atoms with Crippen molar-refractivity contribution in [2.75, 3.05) is 0 Å². The zero-order chi connectivity index (χ0) is 14.8. The van der Waals surface area contributed by atoms with E-state index in [1.165, 1.54) is 5.56 Å². The second-order valence-corrected chi connectivity index (χ2v) is 6.33. The third kappa shape index (κ3) is 3.82. The third-order valence-corrected chi connectivity index (χ3v) is 3.28. The van der Waals surface area contributed by atoms with Crippen LogP contribution in [0.5, 0.6) is 5.75 Å². The van der Waals surface area contributed by atoms with Crippen molar-refractivity contribution in [2.24, 2.45) is 0 Å². The highest BCUT2D eigenvalue weighted by Crippen LogP contribution is 2.39. The normalized spacial score (nSPS) is 11.8. The molecular weight excluding hydrogens is 236 g/mol. The van der Waals surface area contributed by atoms with Crippen molar-refractivity contribution in [1.29, 1.82) is 0 Å². The predicted molar refractivity (Wildman–Crippen MR) is 80.0 cm³/mol. The Balaban J connectivity index is 3.39. The maximum Gasteiger partial charge on any atom is 0.130 e. The SMILES string of the molecule is CC(=O)CC(C)(C)c1c(C)ccc(C)c1OC(C)C. The zero-order valence-electron chi connectivity index (χ0n) is 13.3. The first kappa shape index (κ1) is 15.7. The highest BCUT2D eigenvalue weighted by molar-refractivity contribution is 5.77. The van der Waals surface area contributed by atoms with Gasteiger partial charge in [0, 0.05) is 17.4 Å². The lowest BCUT2D eigenvalue weighted by atomic mass is 9.77. The molecule has 0 aliphatic carbocycles. The fourth-order valence-corrected chi connectivity index (χ4v) is 2.72. The minimum absolute atomic E-state index is 0.132. The van der Waals surface area contributed by atoms with Crippen LogP contribution in [0.4, 0.5) is 0 Å². The van der Waals surface area contributed by atoms with Crippen LogP contribution in [0.15, 0.2) is 12.1 Å². The van der Waals surface area contributed by atoms with E-state index in [4.69, 9.17) is 4.74 Å². The van der Waals surface area contributed by atoms with Gasteiger partial charge >= 0.3 is 0 Å². The van der Waals surface area contributed by atoms with Crippen LogP contribution in [0.3, 0.4) is 0 Å². The van der Waals surface area contributed by atoms with Gasteiger partial charge in [0.25, 0.3) is 0 Å². The van der Waals surface area contributed by atoms with Gasteiger partial charge in [-0.2, -0.15) is 0 Å². The molecule has 0 aliphatic rings. The molecule has 1 aromatic rings. The molecule has 0 atom stereocenters. The molecule has 1 aromatic carbocycles. The van der Waals surface area contributed by atoms with E-state index >= 15 is 0 Å². The van der Waals surface area contributed by atoms with Gasteiger partial charge in [0.15, 0.2) is 0 Å². The molecule has 0 aromatic heterocycles. The van der Waals surface area contributed by atoms with Crippen LogP contribution < -0.4 is 4.74 Å². The molecule has 106 valence electrons. The van der Waals surface area contributed by atoms with Gasteiger partial charge in [0.05, 0.1) is 6.10 Å². The first-order valence-corrected chi connectivity index (χ1v) is 6.92. The van der Waals surface area contributed by atoms with E-state index in [1.54, 1.807) is 6.92 Å². The van der Waals surface area contributed by atoms with Crippen molar-refractivity contribution in [2.45, 2.75) is 66.4 Å². The Morgan fingerprint density at radius 2 is 1.74 bits per heavy atom. The Labute approximate surface area is 117 Å². The fraction of sp³-hybridized carbons (Fsp3) is 0.588. The molecule has 0 fully saturated rings. The number of carbonyl (C=O) groups is 1. The van der Waals surface area contributed by atoms with Gasteiger partial charge in [0.1, 0.15) is 11.5 Å². The van der Waals surface area contributed by atoms with E-state index in [0.717, 1.165) is 16.9 Å². The molecule has 0 amide bonds. The van der Waals surface area contributed by atoms with Crippen molar-refractivity contribution < 1.29 is 9.53 Å².